The molecular weight excluding hydrogens is 272 g/mol. The number of methoxy groups -OCH3 is 1. The summed E-state index contributed by atoms with van der Waals surface area (Å²) in [6, 6.07) is 3.54. The van der Waals surface area contributed by atoms with Crippen molar-refractivity contribution in [2.75, 3.05) is 13.7 Å². The molecule has 1 rings (SSSR count). The minimum Gasteiger partial charge on any atom is -0.490 e. The summed E-state index contributed by atoms with van der Waals surface area (Å²) in [5, 5.41) is 30.4. The number of nitro benzene ring substituents is 1. The van der Waals surface area contributed by atoms with Crippen LogP contribution in [0, 0.1) is 10.1 Å². The van der Waals surface area contributed by atoms with Crippen molar-refractivity contribution in [3.05, 3.63) is 33.9 Å². The molecule has 20 heavy (non-hydrogen) atoms. The predicted molar refractivity (Wildman–Crippen MR) is 65.6 cm³/mol. The SMILES string of the molecule is COc1ccc(C(=O)NC[C@H](O)C(=O)O)cc1[N+](=O)[O-]. The van der Waals surface area contributed by atoms with E-state index in [2.05, 4.69) is 5.32 Å². The topological polar surface area (TPSA) is 139 Å². The molecule has 0 spiro atoms. The molecule has 0 unspecified atom stereocenters. The van der Waals surface area contributed by atoms with Crippen LogP contribution in [0.2, 0.25) is 0 Å². The minimum absolute atomic E-state index is 0.00267. The van der Waals surface area contributed by atoms with Gasteiger partial charge in [0.15, 0.2) is 11.9 Å². The Hall–Kier alpha value is -2.68. The second-order valence-electron chi connectivity index (χ2n) is 3.71. The van der Waals surface area contributed by atoms with Gasteiger partial charge in [0.25, 0.3) is 5.91 Å². The van der Waals surface area contributed by atoms with Crippen molar-refractivity contribution in [2.24, 2.45) is 0 Å². The van der Waals surface area contributed by atoms with Gasteiger partial charge >= 0.3 is 11.7 Å². The van der Waals surface area contributed by atoms with Crippen molar-refractivity contribution in [3.63, 3.8) is 0 Å². The molecule has 108 valence electrons. The molecule has 0 aliphatic carbocycles. The quantitative estimate of drug-likeness (QED) is 0.484. The number of rotatable bonds is 6. The first kappa shape index (κ1) is 15.4. The van der Waals surface area contributed by atoms with E-state index in [1.165, 1.54) is 19.2 Å². The molecule has 0 aliphatic rings. The average Bonchev–Trinajstić information content (AvgIpc) is 2.43. The zero-order chi connectivity index (χ0) is 15.3. The van der Waals surface area contributed by atoms with Crippen LogP contribution < -0.4 is 10.1 Å². The van der Waals surface area contributed by atoms with Gasteiger partial charge in [-0.15, -0.1) is 0 Å². The fraction of sp³-hybridized carbons (Fsp3) is 0.273. The van der Waals surface area contributed by atoms with Crippen molar-refractivity contribution in [2.45, 2.75) is 6.10 Å². The number of hydrogen-bond acceptors (Lipinski definition) is 6. The maximum absolute atomic E-state index is 11.7. The lowest BCUT2D eigenvalue weighted by atomic mass is 10.1. The summed E-state index contributed by atoms with van der Waals surface area (Å²) in [7, 11) is 1.26. The number of aliphatic hydroxyl groups is 1. The van der Waals surface area contributed by atoms with Crippen LogP contribution in [0.25, 0.3) is 0 Å². The van der Waals surface area contributed by atoms with Crippen molar-refractivity contribution in [3.8, 4) is 5.75 Å². The number of amides is 1. The molecule has 0 fully saturated rings. The second-order valence-corrected chi connectivity index (χ2v) is 3.71. The molecule has 0 aromatic heterocycles. The number of nitrogens with zero attached hydrogens (tertiary/aromatic N) is 1. The number of aliphatic hydroxyl groups excluding tert-OH is 1. The number of benzene rings is 1. The third-order valence-electron chi connectivity index (χ3n) is 2.38. The predicted octanol–water partition coefficient (Wildman–Crippen LogP) is -0.221. The molecule has 0 bridgehead atoms. The van der Waals surface area contributed by atoms with E-state index in [1.807, 2.05) is 0 Å². The molecule has 1 aromatic carbocycles. The summed E-state index contributed by atoms with van der Waals surface area (Å²) in [5.41, 5.74) is -0.436. The van der Waals surface area contributed by atoms with Crippen LogP contribution >= 0.6 is 0 Å². The van der Waals surface area contributed by atoms with Crippen LogP contribution in [0.4, 0.5) is 5.69 Å². The Morgan fingerprint density at radius 3 is 2.65 bits per heavy atom. The Morgan fingerprint density at radius 2 is 2.15 bits per heavy atom. The van der Waals surface area contributed by atoms with Gasteiger partial charge < -0.3 is 20.3 Å². The van der Waals surface area contributed by atoms with Crippen LogP contribution in [-0.2, 0) is 4.79 Å². The van der Waals surface area contributed by atoms with Gasteiger partial charge in [0.1, 0.15) is 0 Å². The molecule has 0 radical (unpaired) electrons. The van der Waals surface area contributed by atoms with E-state index in [0.717, 1.165) is 6.07 Å². The Kier molecular flexibility index (Phi) is 4.98. The smallest absolute Gasteiger partial charge is 0.334 e. The highest BCUT2D eigenvalue weighted by Gasteiger charge is 2.19. The lowest BCUT2D eigenvalue weighted by Crippen LogP contribution is -2.36. The first-order valence-electron chi connectivity index (χ1n) is 5.38. The maximum Gasteiger partial charge on any atom is 0.334 e. The molecule has 3 N–H and O–H groups in total. The zero-order valence-corrected chi connectivity index (χ0v) is 10.4. The lowest BCUT2D eigenvalue weighted by Gasteiger charge is -2.08. The first-order valence-corrected chi connectivity index (χ1v) is 5.38. The maximum atomic E-state index is 11.7. The van der Waals surface area contributed by atoms with Gasteiger partial charge in [-0.1, -0.05) is 0 Å². The Labute approximate surface area is 112 Å². The standard InChI is InChI=1S/C11H12N2O7/c1-20-9-3-2-6(4-7(9)13(18)19)10(15)12-5-8(14)11(16)17/h2-4,8,14H,5H2,1H3,(H,12,15)(H,16,17)/t8-/m0/s1. The summed E-state index contributed by atoms with van der Waals surface area (Å²) in [6.45, 7) is -0.506. The summed E-state index contributed by atoms with van der Waals surface area (Å²) in [6.07, 6.45) is -1.74. The van der Waals surface area contributed by atoms with Crippen LogP contribution in [0.5, 0.6) is 5.75 Å². The van der Waals surface area contributed by atoms with Gasteiger partial charge in [-0.3, -0.25) is 14.9 Å². The summed E-state index contributed by atoms with van der Waals surface area (Å²) >= 11 is 0. The third-order valence-corrected chi connectivity index (χ3v) is 2.38. The monoisotopic (exact) mass is 284 g/mol. The molecule has 1 aromatic rings. The highest BCUT2D eigenvalue weighted by Crippen LogP contribution is 2.27. The Morgan fingerprint density at radius 1 is 1.50 bits per heavy atom. The molecule has 1 atom stereocenters. The fourth-order valence-electron chi connectivity index (χ4n) is 1.35. The van der Waals surface area contributed by atoms with Crippen LogP contribution in [0.15, 0.2) is 18.2 Å². The van der Waals surface area contributed by atoms with E-state index in [4.69, 9.17) is 14.9 Å². The molecule has 0 aliphatic heterocycles. The molecule has 0 heterocycles. The number of carboxylic acid groups (broad SMARTS) is 1. The van der Waals surface area contributed by atoms with Crippen molar-refractivity contribution < 1.29 is 29.5 Å². The van der Waals surface area contributed by atoms with E-state index >= 15 is 0 Å². The number of carbonyl (C=O) groups excluding carboxylic acids is 1. The molecule has 0 saturated heterocycles. The zero-order valence-electron chi connectivity index (χ0n) is 10.4. The number of aliphatic carboxylic acids is 1. The molecule has 0 saturated carbocycles. The summed E-state index contributed by atoms with van der Waals surface area (Å²) in [5.74, 6) is -2.22. The van der Waals surface area contributed by atoms with Crippen LogP contribution in [-0.4, -0.2) is 46.8 Å². The van der Waals surface area contributed by atoms with E-state index in [-0.39, 0.29) is 17.0 Å². The fourth-order valence-corrected chi connectivity index (χ4v) is 1.35. The van der Waals surface area contributed by atoms with Gasteiger partial charge in [-0.05, 0) is 12.1 Å². The van der Waals surface area contributed by atoms with Gasteiger partial charge in [-0.2, -0.15) is 0 Å². The number of carbonyl (C=O) groups is 2. The normalized spacial score (nSPS) is 11.5. The number of nitrogens with one attached hydrogen (secondary N) is 1. The van der Waals surface area contributed by atoms with Gasteiger partial charge in [-0.25, -0.2) is 4.79 Å². The summed E-state index contributed by atoms with van der Waals surface area (Å²) < 4.78 is 4.78. The largest absolute Gasteiger partial charge is 0.490 e. The van der Waals surface area contributed by atoms with E-state index in [0.29, 0.717) is 0 Å². The third kappa shape index (κ3) is 3.65. The van der Waals surface area contributed by atoms with Gasteiger partial charge in [0.05, 0.1) is 18.6 Å². The van der Waals surface area contributed by atoms with Crippen molar-refractivity contribution >= 4 is 17.6 Å². The lowest BCUT2D eigenvalue weighted by molar-refractivity contribution is -0.385. The second kappa shape index (κ2) is 6.48. The number of ether oxygens (including phenoxy) is 1. The van der Waals surface area contributed by atoms with Crippen molar-refractivity contribution in [1.82, 2.24) is 5.32 Å². The van der Waals surface area contributed by atoms with E-state index in [9.17, 15) is 19.7 Å². The number of carboxylic acids is 1. The Balaban J connectivity index is 2.86. The van der Waals surface area contributed by atoms with Gasteiger partial charge in [0.2, 0.25) is 0 Å². The van der Waals surface area contributed by atoms with Crippen LogP contribution in [0.3, 0.4) is 0 Å². The van der Waals surface area contributed by atoms with Crippen molar-refractivity contribution in [1.29, 1.82) is 0 Å². The Bertz CT molecular complexity index is 544. The summed E-state index contributed by atoms with van der Waals surface area (Å²) in [4.78, 5) is 32.1. The molecule has 9 nitrogen and oxygen atoms in total. The average molecular weight is 284 g/mol. The minimum atomic E-state index is -1.74. The van der Waals surface area contributed by atoms with Crippen LogP contribution in [0.1, 0.15) is 10.4 Å². The molecule has 1 amide bonds. The van der Waals surface area contributed by atoms with E-state index < -0.39 is 29.4 Å². The van der Waals surface area contributed by atoms with E-state index in [1.54, 1.807) is 0 Å². The molecular formula is C11H12N2O7. The molecule has 9 heteroatoms. The number of nitro groups is 1. The number of hydrogen-bond donors (Lipinski definition) is 3. The highest BCUT2D eigenvalue weighted by atomic mass is 16.6. The highest BCUT2D eigenvalue weighted by molar-refractivity contribution is 5.95. The van der Waals surface area contributed by atoms with Gasteiger partial charge in [0, 0.05) is 11.6 Å². The first-order chi connectivity index (χ1) is 9.36.